The zero-order chi connectivity index (χ0) is 14.0. The third-order valence-electron chi connectivity index (χ3n) is 3.13. The maximum Gasteiger partial charge on any atom is 0.243 e. The number of hydrogen-bond donors (Lipinski definition) is 1. The predicted octanol–water partition coefficient (Wildman–Crippen LogP) is 0.482. The Morgan fingerprint density at radius 2 is 2.26 bits per heavy atom. The molecule has 19 heavy (non-hydrogen) atoms. The molecule has 0 amide bonds. The van der Waals surface area contributed by atoms with Crippen LogP contribution in [0.1, 0.15) is 5.56 Å². The van der Waals surface area contributed by atoms with Gasteiger partial charge in [0.15, 0.2) is 0 Å². The van der Waals surface area contributed by atoms with Crippen LogP contribution in [0, 0.1) is 12.7 Å². The molecule has 1 aliphatic heterocycles. The highest BCUT2D eigenvalue weighted by Gasteiger charge is 2.30. The number of sulfonamides is 1. The lowest BCUT2D eigenvalue weighted by molar-refractivity contribution is 0.00450. The van der Waals surface area contributed by atoms with Crippen molar-refractivity contribution in [3.8, 4) is 0 Å². The minimum Gasteiger partial charge on any atom is -0.374 e. The van der Waals surface area contributed by atoms with E-state index in [2.05, 4.69) is 0 Å². The molecule has 0 bridgehead atoms. The molecule has 1 atom stereocenters. The van der Waals surface area contributed by atoms with E-state index >= 15 is 0 Å². The van der Waals surface area contributed by atoms with Crippen molar-refractivity contribution in [1.29, 1.82) is 0 Å². The maximum atomic E-state index is 13.2. The molecule has 1 heterocycles. The van der Waals surface area contributed by atoms with Gasteiger partial charge in [0.2, 0.25) is 10.0 Å². The summed E-state index contributed by atoms with van der Waals surface area (Å²) < 4.78 is 44.7. The first-order chi connectivity index (χ1) is 8.95. The van der Waals surface area contributed by atoms with Gasteiger partial charge in [0, 0.05) is 19.6 Å². The number of morpholine rings is 1. The van der Waals surface area contributed by atoms with Crippen molar-refractivity contribution in [3.05, 3.63) is 29.6 Å². The fraction of sp³-hybridized carbons (Fsp3) is 0.500. The molecule has 1 aromatic rings. The van der Waals surface area contributed by atoms with Crippen LogP contribution < -0.4 is 5.73 Å². The average molecular weight is 288 g/mol. The molecule has 0 aliphatic carbocycles. The highest BCUT2D eigenvalue weighted by Crippen LogP contribution is 2.20. The topological polar surface area (TPSA) is 72.6 Å². The SMILES string of the molecule is Cc1cc(S(=O)(=O)N2CCOC(CN)C2)ccc1F. The largest absolute Gasteiger partial charge is 0.374 e. The summed E-state index contributed by atoms with van der Waals surface area (Å²) in [4.78, 5) is 0.101. The van der Waals surface area contributed by atoms with Crippen LogP contribution in [0.2, 0.25) is 0 Å². The van der Waals surface area contributed by atoms with E-state index in [1.54, 1.807) is 0 Å². The second-order valence-corrected chi connectivity index (χ2v) is 6.44. The van der Waals surface area contributed by atoms with Crippen molar-refractivity contribution < 1.29 is 17.5 Å². The lowest BCUT2D eigenvalue weighted by Crippen LogP contribution is -2.48. The Hall–Kier alpha value is -1.02. The molecule has 1 saturated heterocycles. The standard InChI is InChI=1S/C12H17FN2O3S/c1-9-6-11(2-3-12(9)13)19(16,17)15-4-5-18-10(7-14)8-15/h2-3,6,10H,4-5,7-8,14H2,1H3. The fourth-order valence-electron chi connectivity index (χ4n) is 1.98. The van der Waals surface area contributed by atoms with Gasteiger partial charge in [-0.25, -0.2) is 12.8 Å². The molecule has 7 heteroatoms. The number of halogens is 1. The average Bonchev–Trinajstić information content (AvgIpc) is 2.41. The van der Waals surface area contributed by atoms with Crippen molar-refractivity contribution in [1.82, 2.24) is 4.31 Å². The Labute approximate surface area is 112 Å². The van der Waals surface area contributed by atoms with Crippen LogP contribution in [0.4, 0.5) is 4.39 Å². The van der Waals surface area contributed by atoms with E-state index in [1.165, 1.54) is 29.4 Å². The summed E-state index contributed by atoms with van der Waals surface area (Å²) in [5.41, 5.74) is 5.81. The zero-order valence-electron chi connectivity index (χ0n) is 10.7. The number of ether oxygens (including phenoxy) is 1. The van der Waals surface area contributed by atoms with E-state index in [9.17, 15) is 12.8 Å². The molecule has 1 fully saturated rings. The van der Waals surface area contributed by atoms with Gasteiger partial charge in [-0.1, -0.05) is 0 Å². The Kier molecular flexibility index (Phi) is 4.19. The summed E-state index contributed by atoms with van der Waals surface area (Å²) in [5.74, 6) is -0.416. The van der Waals surface area contributed by atoms with Crippen LogP contribution in [-0.2, 0) is 14.8 Å². The summed E-state index contributed by atoms with van der Waals surface area (Å²) in [6, 6.07) is 3.80. The van der Waals surface area contributed by atoms with Crippen molar-refractivity contribution in [2.75, 3.05) is 26.2 Å². The summed E-state index contributed by atoms with van der Waals surface area (Å²) >= 11 is 0. The Bertz CT molecular complexity index is 562. The number of nitrogens with zero attached hydrogens (tertiary/aromatic N) is 1. The van der Waals surface area contributed by atoms with Crippen LogP contribution in [0.15, 0.2) is 23.1 Å². The second-order valence-electron chi connectivity index (χ2n) is 4.50. The normalized spacial score (nSPS) is 21.5. The highest BCUT2D eigenvalue weighted by atomic mass is 32.2. The van der Waals surface area contributed by atoms with Gasteiger partial charge in [0.1, 0.15) is 5.82 Å². The van der Waals surface area contributed by atoms with Crippen molar-refractivity contribution in [2.24, 2.45) is 5.73 Å². The van der Waals surface area contributed by atoms with Crippen molar-refractivity contribution >= 4 is 10.0 Å². The number of benzene rings is 1. The number of aryl methyl sites for hydroxylation is 1. The monoisotopic (exact) mass is 288 g/mol. The molecule has 2 rings (SSSR count). The van der Waals surface area contributed by atoms with Gasteiger partial charge in [-0.3, -0.25) is 0 Å². The van der Waals surface area contributed by atoms with Crippen LogP contribution in [0.5, 0.6) is 0 Å². The van der Waals surface area contributed by atoms with E-state index in [-0.39, 0.29) is 30.6 Å². The second kappa shape index (κ2) is 5.54. The van der Waals surface area contributed by atoms with Gasteiger partial charge < -0.3 is 10.5 Å². The first-order valence-corrected chi connectivity index (χ1v) is 7.47. The summed E-state index contributed by atoms with van der Waals surface area (Å²) in [6.07, 6.45) is -0.287. The minimum atomic E-state index is -3.61. The van der Waals surface area contributed by atoms with Gasteiger partial charge >= 0.3 is 0 Å². The maximum absolute atomic E-state index is 13.2. The van der Waals surface area contributed by atoms with Gasteiger partial charge in [-0.15, -0.1) is 0 Å². The first-order valence-electron chi connectivity index (χ1n) is 6.03. The summed E-state index contributed by atoms with van der Waals surface area (Å²) in [5, 5.41) is 0. The van der Waals surface area contributed by atoms with Gasteiger partial charge in [-0.05, 0) is 30.7 Å². The minimum absolute atomic E-state index is 0.101. The molecule has 0 saturated carbocycles. The zero-order valence-corrected chi connectivity index (χ0v) is 11.5. The summed E-state index contributed by atoms with van der Waals surface area (Å²) in [6.45, 7) is 2.65. The molecule has 1 aliphatic rings. The molecule has 0 radical (unpaired) electrons. The molecule has 5 nitrogen and oxygen atoms in total. The highest BCUT2D eigenvalue weighted by molar-refractivity contribution is 7.89. The first kappa shape index (κ1) is 14.4. The Balaban J connectivity index is 2.28. The molecule has 1 aromatic carbocycles. The molecule has 0 spiro atoms. The molecule has 1 unspecified atom stereocenters. The van der Waals surface area contributed by atoms with E-state index < -0.39 is 15.8 Å². The van der Waals surface area contributed by atoms with E-state index in [0.717, 1.165) is 0 Å². The Morgan fingerprint density at radius 1 is 1.53 bits per heavy atom. The van der Waals surface area contributed by atoms with Crippen LogP contribution in [0.3, 0.4) is 0 Å². The van der Waals surface area contributed by atoms with Gasteiger partial charge in [0.05, 0.1) is 17.6 Å². The molecular weight excluding hydrogens is 271 g/mol. The summed E-state index contributed by atoms with van der Waals surface area (Å²) in [7, 11) is -3.61. The number of rotatable bonds is 3. The number of hydrogen-bond acceptors (Lipinski definition) is 4. The third kappa shape index (κ3) is 2.94. The van der Waals surface area contributed by atoms with Crippen LogP contribution in [-0.4, -0.2) is 45.1 Å². The van der Waals surface area contributed by atoms with E-state index in [4.69, 9.17) is 10.5 Å². The lowest BCUT2D eigenvalue weighted by Gasteiger charge is -2.31. The third-order valence-corrected chi connectivity index (χ3v) is 4.99. The van der Waals surface area contributed by atoms with Crippen molar-refractivity contribution in [3.63, 3.8) is 0 Å². The smallest absolute Gasteiger partial charge is 0.243 e. The van der Waals surface area contributed by atoms with Crippen molar-refractivity contribution in [2.45, 2.75) is 17.9 Å². The fourth-order valence-corrected chi connectivity index (χ4v) is 3.52. The predicted molar refractivity (Wildman–Crippen MR) is 68.7 cm³/mol. The van der Waals surface area contributed by atoms with Crippen LogP contribution >= 0.6 is 0 Å². The molecule has 2 N–H and O–H groups in total. The number of nitrogens with two attached hydrogens (primary N) is 1. The van der Waals surface area contributed by atoms with Gasteiger partial charge in [-0.2, -0.15) is 4.31 Å². The van der Waals surface area contributed by atoms with E-state index in [0.29, 0.717) is 12.2 Å². The molecule has 106 valence electrons. The van der Waals surface area contributed by atoms with E-state index in [1.807, 2.05) is 0 Å². The molecular formula is C12H17FN2O3S. The van der Waals surface area contributed by atoms with Crippen LogP contribution in [0.25, 0.3) is 0 Å². The lowest BCUT2D eigenvalue weighted by atomic mass is 10.2. The Morgan fingerprint density at radius 3 is 2.89 bits per heavy atom. The van der Waals surface area contributed by atoms with Gasteiger partial charge in [0.25, 0.3) is 0 Å². The quantitative estimate of drug-likeness (QED) is 0.878. The molecule has 0 aromatic heterocycles.